The molecule has 1 heterocycles. The molecule has 1 amide bonds. The molecule has 2 aromatic rings. The fourth-order valence-electron chi connectivity index (χ4n) is 1.58. The predicted octanol–water partition coefficient (Wildman–Crippen LogP) is 0.237. The Bertz CT molecular complexity index is 688. The lowest BCUT2D eigenvalue weighted by atomic mass is 10.1. The predicted molar refractivity (Wildman–Crippen MR) is 70.2 cm³/mol. The van der Waals surface area contributed by atoms with E-state index < -0.39 is 10.8 Å². The zero-order valence-corrected chi connectivity index (χ0v) is 10.1. The number of nitrogens with zero attached hydrogens (tertiary/aromatic N) is 3. The molecule has 5 N–H and O–H groups in total. The average molecular weight is 274 g/mol. The van der Waals surface area contributed by atoms with Crippen LogP contribution in [0.2, 0.25) is 0 Å². The second kappa shape index (κ2) is 5.28. The summed E-state index contributed by atoms with van der Waals surface area (Å²) in [6.45, 7) is 0. The summed E-state index contributed by atoms with van der Waals surface area (Å²) in [5.41, 5.74) is 8.05. The summed E-state index contributed by atoms with van der Waals surface area (Å²) in [6, 6.07) is 7.14. The number of nitrogens with one attached hydrogen (secondary N) is 1. The van der Waals surface area contributed by atoms with Crippen molar-refractivity contribution in [3.8, 4) is 11.3 Å². The summed E-state index contributed by atoms with van der Waals surface area (Å²) in [6.07, 6.45) is 0. The van der Waals surface area contributed by atoms with E-state index in [2.05, 4.69) is 9.97 Å². The Morgan fingerprint density at radius 1 is 1.30 bits per heavy atom. The summed E-state index contributed by atoms with van der Waals surface area (Å²) in [4.78, 5) is 29.3. The molecule has 102 valence electrons. The van der Waals surface area contributed by atoms with Gasteiger partial charge < -0.3 is 5.73 Å². The van der Waals surface area contributed by atoms with Gasteiger partial charge in [0.2, 0.25) is 5.95 Å². The first kappa shape index (κ1) is 13.4. The molecular formula is C11H10N6O3. The number of nitro benzene ring substituents is 1. The minimum Gasteiger partial charge on any atom is -0.368 e. The van der Waals surface area contributed by atoms with Gasteiger partial charge in [0, 0.05) is 17.7 Å². The van der Waals surface area contributed by atoms with Gasteiger partial charge in [-0.2, -0.15) is 0 Å². The molecule has 0 aliphatic heterocycles. The third kappa shape index (κ3) is 2.67. The van der Waals surface area contributed by atoms with Gasteiger partial charge in [-0.3, -0.25) is 20.3 Å². The number of nitrogens with two attached hydrogens (primary N) is 2. The highest BCUT2D eigenvalue weighted by Crippen LogP contribution is 2.23. The molecule has 0 radical (unpaired) electrons. The summed E-state index contributed by atoms with van der Waals surface area (Å²) in [5.74, 6) is 4.25. The van der Waals surface area contributed by atoms with Gasteiger partial charge in [-0.15, -0.1) is 0 Å². The van der Waals surface area contributed by atoms with E-state index in [4.69, 9.17) is 11.6 Å². The van der Waals surface area contributed by atoms with Gasteiger partial charge in [0.05, 0.1) is 10.6 Å². The molecule has 0 fully saturated rings. The molecule has 1 aromatic heterocycles. The molecule has 1 aromatic carbocycles. The van der Waals surface area contributed by atoms with Crippen LogP contribution in [-0.2, 0) is 0 Å². The number of hydrazine groups is 1. The number of hydrogen-bond acceptors (Lipinski definition) is 7. The minimum atomic E-state index is -0.634. The van der Waals surface area contributed by atoms with Crippen molar-refractivity contribution in [2.24, 2.45) is 5.84 Å². The van der Waals surface area contributed by atoms with Crippen LogP contribution in [0.15, 0.2) is 30.3 Å². The smallest absolute Gasteiger partial charge is 0.283 e. The molecule has 0 spiro atoms. The number of nitrogen functional groups attached to an aromatic ring is 2. The molecule has 9 heteroatoms. The fraction of sp³-hybridized carbons (Fsp3) is 0. The van der Waals surface area contributed by atoms with Gasteiger partial charge in [-0.25, -0.2) is 15.8 Å². The van der Waals surface area contributed by atoms with Crippen LogP contribution in [-0.4, -0.2) is 20.8 Å². The van der Waals surface area contributed by atoms with Crippen LogP contribution >= 0.6 is 0 Å². The number of carbonyl (C=O) groups is 1. The third-order valence-corrected chi connectivity index (χ3v) is 2.46. The lowest BCUT2D eigenvalue weighted by Crippen LogP contribution is -2.31. The van der Waals surface area contributed by atoms with Crippen molar-refractivity contribution in [2.45, 2.75) is 0 Å². The van der Waals surface area contributed by atoms with Crippen molar-refractivity contribution in [2.75, 3.05) is 5.73 Å². The van der Waals surface area contributed by atoms with Crippen LogP contribution in [0.1, 0.15) is 10.5 Å². The van der Waals surface area contributed by atoms with Gasteiger partial charge in [-0.1, -0.05) is 12.1 Å². The molecule has 0 aliphatic rings. The highest BCUT2D eigenvalue weighted by molar-refractivity contribution is 5.93. The summed E-state index contributed by atoms with van der Waals surface area (Å²) in [7, 11) is 0. The highest BCUT2D eigenvalue weighted by Gasteiger charge is 2.13. The number of nitro groups is 1. The van der Waals surface area contributed by atoms with E-state index in [1.54, 1.807) is 6.07 Å². The summed E-state index contributed by atoms with van der Waals surface area (Å²) >= 11 is 0. The van der Waals surface area contributed by atoms with Crippen molar-refractivity contribution < 1.29 is 9.72 Å². The first-order valence-electron chi connectivity index (χ1n) is 5.41. The zero-order valence-electron chi connectivity index (χ0n) is 10.1. The quantitative estimate of drug-likeness (QED) is 0.314. The Hall–Kier alpha value is -3.07. The highest BCUT2D eigenvalue weighted by atomic mass is 16.6. The second-order valence-corrected chi connectivity index (χ2v) is 3.78. The number of amides is 1. The monoisotopic (exact) mass is 274 g/mol. The topological polar surface area (TPSA) is 150 Å². The molecule has 20 heavy (non-hydrogen) atoms. The first-order valence-corrected chi connectivity index (χ1v) is 5.41. The molecule has 0 saturated heterocycles. The molecule has 2 rings (SSSR count). The first-order chi connectivity index (χ1) is 9.51. The van der Waals surface area contributed by atoms with E-state index >= 15 is 0 Å². The molecule has 0 atom stereocenters. The molecule has 9 nitrogen and oxygen atoms in total. The SMILES string of the molecule is NNC(=O)c1cc(-c2cccc([N+](=O)[O-])c2)nc(N)n1. The third-order valence-electron chi connectivity index (χ3n) is 2.46. The standard InChI is InChI=1S/C11H10N6O3/c12-11-14-8(5-9(15-11)10(18)16-13)6-2-1-3-7(4-6)17(19)20/h1-5H,13H2,(H,16,18)(H2,12,14,15). The summed E-state index contributed by atoms with van der Waals surface area (Å²) in [5, 5.41) is 10.7. The van der Waals surface area contributed by atoms with E-state index in [1.165, 1.54) is 24.3 Å². The Morgan fingerprint density at radius 3 is 2.70 bits per heavy atom. The average Bonchev–Trinajstić information content (AvgIpc) is 2.45. The molecule has 0 bridgehead atoms. The van der Waals surface area contributed by atoms with Gasteiger partial charge in [0.1, 0.15) is 5.69 Å². The fourth-order valence-corrected chi connectivity index (χ4v) is 1.58. The van der Waals surface area contributed by atoms with Crippen LogP contribution < -0.4 is 17.0 Å². The number of anilines is 1. The number of hydrogen-bond donors (Lipinski definition) is 3. The summed E-state index contributed by atoms with van der Waals surface area (Å²) < 4.78 is 0. The zero-order chi connectivity index (χ0) is 14.7. The Kier molecular flexibility index (Phi) is 3.53. The van der Waals surface area contributed by atoms with Crippen LogP contribution in [0.5, 0.6) is 0 Å². The van der Waals surface area contributed by atoms with E-state index in [9.17, 15) is 14.9 Å². The number of rotatable bonds is 3. The lowest BCUT2D eigenvalue weighted by Gasteiger charge is -2.05. The van der Waals surface area contributed by atoms with E-state index in [1.807, 2.05) is 5.43 Å². The molecule has 0 saturated carbocycles. The number of aromatic nitrogens is 2. The van der Waals surface area contributed by atoms with Gasteiger partial charge in [0.15, 0.2) is 0 Å². The minimum absolute atomic E-state index is 0.0264. The van der Waals surface area contributed by atoms with E-state index in [0.717, 1.165) is 0 Å². The van der Waals surface area contributed by atoms with Gasteiger partial charge in [-0.05, 0) is 6.07 Å². The maximum Gasteiger partial charge on any atom is 0.283 e. The van der Waals surface area contributed by atoms with Crippen LogP contribution in [0, 0.1) is 10.1 Å². The maximum atomic E-state index is 11.4. The molecular weight excluding hydrogens is 264 g/mol. The van der Waals surface area contributed by atoms with Crippen molar-refractivity contribution in [1.82, 2.24) is 15.4 Å². The second-order valence-electron chi connectivity index (χ2n) is 3.78. The number of carbonyl (C=O) groups excluding carboxylic acids is 1. The van der Waals surface area contributed by atoms with Crippen LogP contribution in [0.3, 0.4) is 0 Å². The van der Waals surface area contributed by atoms with Crippen molar-refractivity contribution in [3.63, 3.8) is 0 Å². The van der Waals surface area contributed by atoms with Crippen molar-refractivity contribution >= 4 is 17.5 Å². The van der Waals surface area contributed by atoms with Gasteiger partial charge in [0.25, 0.3) is 11.6 Å². The van der Waals surface area contributed by atoms with E-state index in [-0.39, 0.29) is 17.3 Å². The maximum absolute atomic E-state index is 11.4. The van der Waals surface area contributed by atoms with Crippen LogP contribution in [0.4, 0.5) is 11.6 Å². The van der Waals surface area contributed by atoms with Crippen molar-refractivity contribution in [3.05, 3.63) is 46.1 Å². The Morgan fingerprint density at radius 2 is 2.05 bits per heavy atom. The Balaban J connectivity index is 2.52. The number of benzene rings is 1. The van der Waals surface area contributed by atoms with Crippen molar-refractivity contribution in [1.29, 1.82) is 0 Å². The number of non-ortho nitro benzene ring substituents is 1. The largest absolute Gasteiger partial charge is 0.368 e. The normalized spacial score (nSPS) is 10.1. The van der Waals surface area contributed by atoms with Gasteiger partial charge >= 0.3 is 0 Å². The van der Waals surface area contributed by atoms with Crippen LogP contribution in [0.25, 0.3) is 11.3 Å². The molecule has 0 aliphatic carbocycles. The lowest BCUT2D eigenvalue weighted by molar-refractivity contribution is -0.384. The molecule has 0 unspecified atom stereocenters. The Labute approximate surface area is 112 Å². The van der Waals surface area contributed by atoms with E-state index in [0.29, 0.717) is 11.3 Å².